The van der Waals surface area contributed by atoms with Crippen molar-refractivity contribution in [2.24, 2.45) is 0 Å². The number of benzene rings is 2. The van der Waals surface area contributed by atoms with Crippen molar-refractivity contribution >= 4 is 17.7 Å². The van der Waals surface area contributed by atoms with Gasteiger partial charge in [-0.05, 0) is 67.1 Å². The Morgan fingerprint density at radius 3 is 2.71 bits per heavy atom. The molecule has 0 saturated heterocycles. The summed E-state index contributed by atoms with van der Waals surface area (Å²) in [5.74, 6) is 0.592. The molecule has 1 aromatic heterocycles. The average Bonchev–Trinajstić information content (AvgIpc) is 3.42. The third-order valence-electron chi connectivity index (χ3n) is 5.47. The number of hydrogen-bond donors (Lipinski definition) is 0. The van der Waals surface area contributed by atoms with Crippen molar-refractivity contribution < 1.29 is 4.79 Å². The number of fused-ring (bicyclic) bond motifs is 1. The van der Waals surface area contributed by atoms with Crippen molar-refractivity contribution in [3.8, 4) is 5.69 Å². The zero-order valence-corrected chi connectivity index (χ0v) is 17.0. The van der Waals surface area contributed by atoms with Crippen molar-refractivity contribution in [3.63, 3.8) is 0 Å². The summed E-state index contributed by atoms with van der Waals surface area (Å²) in [4.78, 5) is 19.7. The molecule has 2 aromatic carbocycles. The molecule has 0 saturated carbocycles. The first-order valence-electron chi connectivity index (χ1n) is 9.57. The number of nitrogens with zero attached hydrogens (tertiary/aromatic N) is 4. The molecule has 1 aliphatic carbocycles. The Morgan fingerprint density at radius 1 is 1.18 bits per heavy atom. The van der Waals surface area contributed by atoms with E-state index in [9.17, 15) is 4.79 Å². The number of aromatic nitrogens is 3. The van der Waals surface area contributed by atoms with E-state index < -0.39 is 0 Å². The molecule has 3 aromatic rings. The van der Waals surface area contributed by atoms with E-state index in [1.54, 1.807) is 22.8 Å². The predicted octanol–water partition coefficient (Wildman–Crippen LogP) is 4.07. The van der Waals surface area contributed by atoms with Gasteiger partial charge in [-0.3, -0.25) is 4.79 Å². The number of rotatable bonds is 6. The van der Waals surface area contributed by atoms with Crippen LogP contribution in [0.25, 0.3) is 5.69 Å². The molecule has 0 spiro atoms. The molecule has 0 radical (unpaired) electrons. The summed E-state index contributed by atoms with van der Waals surface area (Å²) in [5.41, 5.74) is 4.97. The zero-order chi connectivity index (χ0) is 19.5. The molecular formula is C22H24N4OS. The van der Waals surface area contributed by atoms with E-state index in [0.717, 1.165) is 11.3 Å². The van der Waals surface area contributed by atoms with Crippen LogP contribution in [0.2, 0.25) is 0 Å². The molecule has 5 nitrogen and oxygen atoms in total. The molecular weight excluding hydrogens is 368 g/mol. The highest BCUT2D eigenvalue weighted by molar-refractivity contribution is 8.00. The minimum atomic E-state index is 0.0120. The van der Waals surface area contributed by atoms with Crippen LogP contribution in [0.1, 0.15) is 36.1 Å². The van der Waals surface area contributed by atoms with Gasteiger partial charge in [0.2, 0.25) is 5.91 Å². The molecule has 144 valence electrons. The number of carbonyl (C=O) groups excluding carboxylic acids is 1. The largest absolute Gasteiger partial charge is 0.338 e. The third-order valence-corrected chi connectivity index (χ3v) is 6.44. The summed E-state index contributed by atoms with van der Waals surface area (Å²) in [6.45, 7) is 2.06. The van der Waals surface area contributed by atoms with E-state index in [4.69, 9.17) is 0 Å². The van der Waals surface area contributed by atoms with E-state index in [1.807, 2.05) is 36.2 Å². The third kappa shape index (κ3) is 3.97. The minimum absolute atomic E-state index is 0.0120. The van der Waals surface area contributed by atoms with Gasteiger partial charge in [-0.2, -0.15) is 5.10 Å². The lowest BCUT2D eigenvalue weighted by atomic mass is 10.1. The van der Waals surface area contributed by atoms with Gasteiger partial charge in [-0.15, -0.1) is 11.8 Å². The Balaban J connectivity index is 1.36. The van der Waals surface area contributed by atoms with Crippen LogP contribution >= 0.6 is 11.8 Å². The van der Waals surface area contributed by atoms with Crippen molar-refractivity contribution in [1.29, 1.82) is 0 Å². The molecule has 1 aliphatic rings. The summed E-state index contributed by atoms with van der Waals surface area (Å²) in [5, 5.41) is 4.14. The second kappa shape index (κ2) is 8.19. The fourth-order valence-corrected chi connectivity index (χ4v) is 4.46. The van der Waals surface area contributed by atoms with Gasteiger partial charge >= 0.3 is 0 Å². The van der Waals surface area contributed by atoms with E-state index in [1.165, 1.54) is 41.6 Å². The molecule has 0 aliphatic heterocycles. The van der Waals surface area contributed by atoms with Gasteiger partial charge in [-0.1, -0.05) is 18.2 Å². The smallest absolute Gasteiger partial charge is 0.233 e. The lowest BCUT2D eigenvalue weighted by Gasteiger charge is -2.25. The van der Waals surface area contributed by atoms with Crippen molar-refractivity contribution in [1.82, 2.24) is 19.7 Å². The Labute approximate surface area is 169 Å². The number of aryl methyl sites for hydroxylation is 2. The molecule has 0 N–H and O–H groups in total. The Morgan fingerprint density at radius 2 is 1.96 bits per heavy atom. The second-order valence-corrected chi connectivity index (χ2v) is 8.23. The maximum atomic E-state index is 12.7. The van der Waals surface area contributed by atoms with Crippen molar-refractivity contribution in [3.05, 3.63) is 71.8 Å². The fraction of sp³-hybridized carbons (Fsp3) is 0.318. The normalized spacial score (nSPS) is 13.9. The summed E-state index contributed by atoms with van der Waals surface area (Å²) >= 11 is 1.63. The highest BCUT2D eigenvalue weighted by Crippen LogP contribution is 2.28. The first-order valence-corrected chi connectivity index (χ1v) is 10.6. The fourth-order valence-electron chi connectivity index (χ4n) is 3.57. The number of hydrogen-bond acceptors (Lipinski definition) is 4. The second-order valence-electron chi connectivity index (χ2n) is 7.18. The summed E-state index contributed by atoms with van der Waals surface area (Å²) < 4.78 is 1.72. The topological polar surface area (TPSA) is 51.0 Å². The number of carbonyl (C=O) groups is 1. The molecule has 0 unspecified atom stereocenters. The van der Waals surface area contributed by atoms with E-state index >= 15 is 0 Å². The lowest BCUT2D eigenvalue weighted by Crippen LogP contribution is -2.31. The van der Waals surface area contributed by atoms with Crippen molar-refractivity contribution in [2.75, 3.05) is 12.8 Å². The van der Waals surface area contributed by atoms with Gasteiger partial charge in [0.1, 0.15) is 12.7 Å². The van der Waals surface area contributed by atoms with Gasteiger partial charge in [0.05, 0.1) is 17.5 Å². The molecule has 0 fully saturated rings. The van der Waals surface area contributed by atoms with Gasteiger partial charge in [-0.25, -0.2) is 9.67 Å². The van der Waals surface area contributed by atoms with E-state index in [-0.39, 0.29) is 11.9 Å². The molecule has 1 heterocycles. The summed E-state index contributed by atoms with van der Waals surface area (Å²) in [6, 6.07) is 14.7. The summed E-state index contributed by atoms with van der Waals surface area (Å²) in [6.07, 6.45) is 6.79. The van der Waals surface area contributed by atoms with E-state index in [0.29, 0.717) is 5.75 Å². The van der Waals surface area contributed by atoms with Gasteiger partial charge in [0.15, 0.2) is 0 Å². The van der Waals surface area contributed by atoms with Crippen molar-refractivity contribution in [2.45, 2.75) is 37.1 Å². The van der Waals surface area contributed by atoms with Crippen LogP contribution in [-0.2, 0) is 17.6 Å². The molecule has 6 heteroatoms. The van der Waals surface area contributed by atoms with Crippen LogP contribution in [0.15, 0.2) is 60.0 Å². The first-order chi connectivity index (χ1) is 13.6. The van der Waals surface area contributed by atoms with Crippen LogP contribution in [0, 0.1) is 0 Å². The Kier molecular flexibility index (Phi) is 5.48. The van der Waals surface area contributed by atoms with Crippen LogP contribution in [0.4, 0.5) is 0 Å². The zero-order valence-electron chi connectivity index (χ0n) is 16.2. The van der Waals surface area contributed by atoms with Crippen LogP contribution in [0.3, 0.4) is 0 Å². The lowest BCUT2D eigenvalue weighted by molar-refractivity contribution is -0.128. The average molecular weight is 393 g/mol. The quantitative estimate of drug-likeness (QED) is 0.594. The van der Waals surface area contributed by atoms with Gasteiger partial charge < -0.3 is 4.90 Å². The molecule has 1 amide bonds. The highest BCUT2D eigenvalue weighted by atomic mass is 32.2. The standard InChI is InChI=1S/C22H24N4OS/c1-16(17-6-9-20(10-7-17)26-15-23-14-24-26)25(2)22(27)13-28-21-11-8-18-4-3-5-19(18)12-21/h6-12,14-16H,3-5,13H2,1-2H3/t16-/m1/s1. The van der Waals surface area contributed by atoms with Crippen LogP contribution in [0.5, 0.6) is 0 Å². The van der Waals surface area contributed by atoms with Gasteiger partial charge in [0, 0.05) is 11.9 Å². The highest BCUT2D eigenvalue weighted by Gasteiger charge is 2.18. The SMILES string of the molecule is C[C@H](c1ccc(-n2cncn2)cc1)N(C)C(=O)CSc1ccc2c(c1)CCC2. The molecule has 28 heavy (non-hydrogen) atoms. The Hall–Kier alpha value is -2.60. The number of thioether (sulfide) groups is 1. The summed E-state index contributed by atoms with van der Waals surface area (Å²) in [7, 11) is 1.88. The monoisotopic (exact) mass is 392 g/mol. The maximum Gasteiger partial charge on any atom is 0.233 e. The van der Waals surface area contributed by atoms with E-state index in [2.05, 4.69) is 35.2 Å². The predicted molar refractivity (Wildman–Crippen MR) is 112 cm³/mol. The van der Waals surface area contributed by atoms with Crippen LogP contribution < -0.4 is 0 Å². The molecule has 1 atom stereocenters. The molecule has 0 bridgehead atoms. The first kappa shape index (κ1) is 18.7. The number of amides is 1. The minimum Gasteiger partial charge on any atom is -0.338 e. The molecule has 4 rings (SSSR count). The Bertz CT molecular complexity index is 953. The van der Waals surface area contributed by atoms with Crippen LogP contribution in [-0.4, -0.2) is 38.4 Å². The van der Waals surface area contributed by atoms with Gasteiger partial charge in [0.25, 0.3) is 0 Å². The maximum absolute atomic E-state index is 12.7.